The van der Waals surface area contributed by atoms with Gasteiger partial charge in [-0.15, -0.1) is 0 Å². The van der Waals surface area contributed by atoms with Crippen molar-refractivity contribution in [2.45, 2.75) is 38.8 Å². The first-order chi connectivity index (χ1) is 9.66. The average Bonchev–Trinajstić information content (AvgIpc) is 2.46. The van der Waals surface area contributed by atoms with Crippen LogP contribution in [-0.4, -0.2) is 30.3 Å². The molecule has 0 saturated carbocycles. The molecule has 1 atom stereocenters. The summed E-state index contributed by atoms with van der Waals surface area (Å²) in [4.78, 5) is 10.9. The molecule has 2 rings (SSSR count). The lowest BCUT2D eigenvalue weighted by molar-refractivity contribution is -0.136. The zero-order valence-corrected chi connectivity index (χ0v) is 12.0. The largest absolute Gasteiger partial charge is 0.481 e. The Morgan fingerprint density at radius 1 is 1.35 bits per heavy atom. The minimum atomic E-state index is -0.782. The number of carboxylic acid groups (broad SMARTS) is 1. The molecule has 2 N–H and O–H groups in total. The highest BCUT2D eigenvalue weighted by atomic mass is 16.5. The first kappa shape index (κ1) is 15.0. The first-order valence-electron chi connectivity index (χ1n) is 7.26. The maximum atomic E-state index is 10.9. The van der Waals surface area contributed by atoms with E-state index < -0.39 is 5.97 Å². The number of rotatable bonds is 6. The summed E-state index contributed by atoms with van der Waals surface area (Å²) in [5.41, 5.74) is 1.97. The van der Waals surface area contributed by atoms with Crippen molar-refractivity contribution in [1.82, 2.24) is 5.32 Å². The summed E-state index contributed by atoms with van der Waals surface area (Å²) < 4.78 is 5.38. The van der Waals surface area contributed by atoms with Gasteiger partial charge >= 0.3 is 5.97 Å². The highest BCUT2D eigenvalue weighted by molar-refractivity contribution is 5.70. The molecule has 1 aromatic rings. The molecule has 110 valence electrons. The van der Waals surface area contributed by atoms with Crippen LogP contribution in [0.1, 0.15) is 30.9 Å². The number of carboxylic acids is 1. The number of benzene rings is 1. The molecule has 0 aromatic heterocycles. The molecule has 0 amide bonds. The predicted octanol–water partition coefficient (Wildman–Crippen LogP) is 2.22. The summed E-state index contributed by atoms with van der Waals surface area (Å²) in [6, 6.07) is 8.17. The summed E-state index contributed by atoms with van der Waals surface area (Å²) in [5.74, 6) is -0.134. The van der Waals surface area contributed by atoms with E-state index in [4.69, 9.17) is 9.84 Å². The highest BCUT2D eigenvalue weighted by Gasteiger charge is 2.20. The van der Waals surface area contributed by atoms with Gasteiger partial charge in [0.15, 0.2) is 0 Å². The van der Waals surface area contributed by atoms with Gasteiger partial charge in [0.25, 0.3) is 0 Å². The van der Waals surface area contributed by atoms with Gasteiger partial charge in [-0.3, -0.25) is 4.79 Å². The minimum Gasteiger partial charge on any atom is -0.481 e. The fourth-order valence-electron chi connectivity index (χ4n) is 2.72. The Kier molecular flexibility index (Phi) is 5.56. The molecule has 0 radical (unpaired) electrons. The van der Waals surface area contributed by atoms with Gasteiger partial charge in [-0.05, 0) is 36.8 Å². The van der Waals surface area contributed by atoms with Crippen molar-refractivity contribution in [1.29, 1.82) is 0 Å². The van der Waals surface area contributed by atoms with Crippen LogP contribution in [0.5, 0.6) is 0 Å². The van der Waals surface area contributed by atoms with Gasteiger partial charge < -0.3 is 15.2 Å². The molecule has 4 nitrogen and oxygen atoms in total. The quantitative estimate of drug-likeness (QED) is 0.837. The zero-order valence-electron chi connectivity index (χ0n) is 12.0. The molecule has 4 heteroatoms. The maximum absolute atomic E-state index is 10.9. The summed E-state index contributed by atoms with van der Waals surface area (Å²) in [5, 5.41) is 12.5. The average molecular weight is 277 g/mol. The van der Waals surface area contributed by atoms with Crippen LogP contribution in [0.3, 0.4) is 0 Å². The molecule has 1 aliphatic rings. The van der Waals surface area contributed by atoms with E-state index in [1.165, 1.54) is 0 Å². The van der Waals surface area contributed by atoms with Gasteiger partial charge in [-0.2, -0.15) is 0 Å². The Hall–Kier alpha value is -1.39. The summed E-state index contributed by atoms with van der Waals surface area (Å²) in [6.07, 6.45) is 2.29. The third-order valence-electron chi connectivity index (χ3n) is 4.05. The Balaban J connectivity index is 1.91. The van der Waals surface area contributed by atoms with Crippen molar-refractivity contribution < 1.29 is 14.6 Å². The van der Waals surface area contributed by atoms with Gasteiger partial charge in [-0.25, -0.2) is 0 Å². The van der Waals surface area contributed by atoms with Crippen LogP contribution in [0.2, 0.25) is 0 Å². The van der Waals surface area contributed by atoms with Crippen molar-refractivity contribution in [3.05, 3.63) is 35.4 Å². The molecule has 0 aliphatic carbocycles. The van der Waals surface area contributed by atoms with Gasteiger partial charge in [0.05, 0.1) is 6.42 Å². The molecule has 1 aliphatic heterocycles. The van der Waals surface area contributed by atoms with Crippen LogP contribution in [0.15, 0.2) is 24.3 Å². The van der Waals surface area contributed by atoms with Gasteiger partial charge in [0.1, 0.15) is 0 Å². The molecule has 1 aromatic carbocycles. The van der Waals surface area contributed by atoms with E-state index in [-0.39, 0.29) is 6.42 Å². The molecule has 1 saturated heterocycles. The predicted molar refractivity (Wildman–Crippen MR) is 77.6 cm³/mol. The number of hydrogen-bond donors (Lipinski definition) is 2. The fourth-order valence-corrected chi connectivity index (χ4v) is 2.72. The topological polar surface area (TPSA) is 58.6 Å². The zero-order chi connectivity index (χ0) is 14.4. The number of carbonyl (C=O) groups is 1. The summed E-state index contributed by atoms with van der Waals surface area (Å²) >= 11 is 0. The molecule has 1 fully saturated rings. The van der Waals surface area contributed by atoms with Crippen LogP contribution in [0.4, 0.5) is 0 Å². The molecule has 1 unspecified atom stereocenters. The number of hydrogen-bond acceptors (Lipinski definition) is 3. The van der Waals surface area contributed by atoms with Crippen LogP contribution >= 0.6 is 0 Å². The van der Waals surface area contributed by atoms with E-state index in [1.807, 2.05) is 24.3 Å². The minimum absolute atomic E-state index is 0.0868. The van der Waals surface area contributed by atoms with Gasteiger partial charge in [0.2, 0.25) is 0 Å². The van der Waals surface area contributed by atoms with Gasteiger partial charge in [-0.1, -0.05) is 24.3 Å². The number of aliphatic carboxylic acids is 1. The second-order valence-corrected chi connectivity index (χ2v) is 5.46. The fraction of sp³-hybridized carbons (Fsp3) is 0.562. The van der Waals surface area contributed by atoms with Crippen molar-refractivity contribution in [3.63, 3.8) is 0 Å². The number of ether oxygens (including phenoxy) is 1. The monoisotopic (exact) mass is 277 g/mol. The Morgan fingerprint density at radius 2 is 2.00 bits per heavy atom. The van der Waals surface area contributed by atoms with Crippen LogP contribution in [0, 0.1) is 5.92 Å². The van der Waals surface area contributed by atoms with E-state index in [2.05, 4.69) is 12.2 Å². The van der Waals surface area contributed by atoms with Crippen LogP contribution < -0.4 is 5.32 Å². The number of nitrogens with one attached hydrogen (secondary N) is 1. The van der Waals surface area contributed by atoms with E-state index in [0.29, 0.717) is 12.0 Å². The van der Waals surface area contributed by atoms with Gasteiger partial charge in [0, 0.05) is 25.8 Å². The lowest BCUT2D eigenvalue weighted by atomic mass is 9.92. The van der Waals surface area contributed by atoms with Crippen molar-refractivity contribution in [2.75, 3.05) is 13.2 Å². The Bertz CT molecular complexity index is 441. The second-order valence-electron chi connectivity index (χ2n) is 5.46. The lowest BCUT2D eigenvalue weighted by Gasteiger charge is -2.28. The second kappa shape index (κ2) is 7.41. The molecule has 20 heavy (non-hydrogen) atoms. The first-order valence-corrected chi connectivity index (χ1v) is 7.26. The summed E-state index contributed by atoms with van der Waals surface area (Å²) in [6.45, 7) is 4.64. The summed E-state index contributed by atoms with van der Waals surface area (Å²) in [7, 11) is 0. The third-order valence-corrected chi connectivity index (χ3v) is 4.05. The maximum Gasteiger partial charge on any atom is 0.307 e. The van der Waals surface area contributed by atoms with E-state index in [0.717, 1.165) is 43.7 Å². The lowest BCUT2D eigenvalue weighted by Crippen LogP contribution is -2.36. The van der Waals surface area contributed by atoms with E-state index in [9.17, 15) is 4.79 Å². The SMILES string of the molecule is CC(NCc1ccccc1CC(=O)O)C1CCOCC1. The third kappa shape index (κ3) is 4.32. The van der Waals surface area contributed by atoms with Crippen LogP contribution in [0.25, 0.3) is 0 Å². The molecule has 1 heterocycles. The molecule has 0 spiro atoms. The Morgan fingerprint density at radius 3 is 2.65 bits per heavy atom. The molecular formula is C16H23NO3. The van der Waals surface area contributed by atoms with Crippen molar-refractivity contribution >= 4 is 5.97 Å². The molecular weight excluding hydrogens is 254 g/mol. The normalized spacial score (nSPS) is 17.9. The smallest absolute Gasteiger partial charge is 0.307 e. The van der Waals surface area contributed by atoms with Crippen molar-refractivity contribution in [3.8, 4) is 0 Å². The van der Waals surface area contributed by atoms with Crippen molar-refractivity contribution in [2.24, 2.45) is 5.92 Å². The van der Waals surface area contributed by atoms with E-state index >= 15 is 0 Å². The Labute approximate surface area is 120 Å². The van der Waals surface area contributed by atoms with Crippen LogP contribution in [-0.2, 0) is 22.5 Å². The standard InChI is InChI=1S/C16H23NO3/c1-12(13-6-8-20-9-7-13)17-11-15-5-3-2-4-14(15)10-16(18)19/h2-5,12-13,17H,6-11H2,1H3,(H,18,19). The highest BCUT2D eigenvalue weighted by Crippen LogP contribution is 2.19. The van der Waals surface area contributed by atoms with E-state index in [1.54, 1.807) is 0 Å². The molecule has 0 bridgehead atoms.